The number of rotatable bonds is 5. The highest BCUT2D eigenvalue weighted by molar-refractivity contribution is 7.99. The topological polar surface area (TPSA) is 64.1 Å². The maximum absolute atomic E-state index is 11.9. The maximum Gasteiger partial charge on any atom is 0.234 e. The number of ether oxygens (including phenoxy) is 1. The fourth-order valence-electron chi connectivity index (χ4n) is 1.60. The lowest BCUT2D eigenvalue weighted by molar-refractivity contribution is -0.113. The van der Waals surface area contributed by atoms with Crippen molar-refractivity contribution in [3.63, 3.8) is 0 Å². The van der Waals surface area contributed by atoms with Crippen LogP contribution < -0.4 is 10.1 Å². The number of anilines is 1. The normalized spacial score (nSPS) is 10.1. The summed E-state index contributed by atoms with van der Waals surface area (Å²) < 4.78 is 5.22. The molecule has 2 rings (SSSR count). The third-order valence-electron chi connectivity index (χ3n) is 2.50. The first kappa shape index (κ1) is 14.3. The molecule has 0 aliphatic carbocycles. The van der Waals surface area contributed by atoms with Crippen molar-refractivity contribution < 1.29 is 9.53 Å². The van der Waals surface area contributed by atoms with Crippen LogP contribution >= 0.6 is 11.8 Å². The monoisotopic (exact) mass is 289 g/mol. The second-order valence-corrected chi connectivity index (χ2v) is 5.01. The van der Waals surface area contributed by atoms with E-state index < -0.39 is 0 Å². The van der Waals surface area contributed by atoms with Crippen LogP contribution in [0.1, 0.15) is 5.56 Å². The molecule has 104 valence electrons. The Kier molecular flexibility index (Phi) is 4.95. The van der Waals surface area contributed by atoms with Crippen LogP contribution in [-0.2, 0) is 4.79 Å². The summed E-state index contributed by atoms with van der Waals surface area (Å²) in [7, 11) is 1.58. The number of carbonyl (C=O) groups is 1. The maximum atomic E-state index is 11.9. The average molecular weight is 289 g/mol. The van der Waals surface area contributed by atoms with Crippen LogP contribution in [0.15, 0.2) is 41.8 Å². The molecule has 5 nitrogen and oxygen atoms in total. The molecule has 0 saturated carbocycles. The van der Waals surface area contributed by atoms with Gasteiger partial charge in [0.2, 0.25) is 5.91 Å². The standard InChI is InChI=1S/C14H15N3O2S/c1-10-4-5-12(19-2)11(8-10)17-13(18)9-20-14-15-6-3-7-16-14/h3-8H,9H2,1-2H3,(H,17,18). The van der Waals surface area contributed by atoms with E-state index in [0.29, 0.717) is 16.6 Å². The van der Waals surface area contributed by atoms with Crippen molar-refractivity contribution in [3.8, 4) is 5.75 Å². The van der Waals surface area contributed by atoms with Gasteiger partial charge in [0.1, 0.15) is 5.75 Å². The largest absolute Gasteiger partial charge is 0.495 e. The van der Waals surface area contributed by atoms with Crippen molar-refractivity contribution in [2.75, 3.05) is 18.2 Å². The Morgan fingerprint density at radius 2 is 2.10 bits per heavy atom. The van der Waals surface area contributed by atoms with Gasteiger partial charge in [-0.2, -0.15) is 0 Å². The van der Waals surface area contributed by atoms with Gasteiger partial charge in [-0.1, -0.05) is 17.8 Å². The molecule has 1 aromatic carbocycles. The minimum atomic E-state index is -0.119. The van der Waals surface area contributed by atoms with E-state index in [1.54, 1.807) is 25.6 Å². The molecule has 6 heteroatoms. The van der Waals surface area contributed by atoms with Crippen LogP contribution in [0.2, 0.25) is 0 Å². The molecule has 0 saturated heterocycles. The van der Waals surface area contributed by atoms with Crippen LogP contribution in [0.5, 0.6) is 5.75 Å². The van der Waals surface area contributed by atoms with Crippen LogP contribution in [0.3, 0.4) is 0 Å². The van der Waals surface area contributed by atoms with Gasteiger partial charge in [-0.25, -0.2) is 9.97 Å². The van der Waals surface area contributed by atoms with Crippen LogP contribution in [0.4, 0.5) is 5.69 Å². The quantitative estimate of drug-likeness (QED) is 0.677. The van der Waals surface area contributed by atoms with Gasteiger partial charge < -0.3 is 10.1 Å². The molecule has 0 aliphatic rings. The van der Waals surface area contributed by atoms with E-state index >= 15 is 0 Å². The Bertz CT molecular complexity index is 590. The number of aromatic nitrogens is 2. The van der Waals surface area contributed by atoms with Gasteiger partial charge in [0, 0.05) is 12.4 Å². The molecule has 0 bridgehead atoms. The second-order valence-electron chi connectivity index (χ2n) is 4.07. The first-order chi connectivity index (χ1) is 9.69. The Balaban J connectivity index is 1.96. The van der Waals surface area contributed by atoms with Crippen molar-refractivity contribution in [1.82, 2.24) is 9.97 Å². The molecule has 0 radical (unpaired) electrons. The molecule has 0 atom stereocenters. The minimum absolute atomic E-state index is 0.119. The lowest BCUT2D eigenvalue weighted by Crippen LogP contribution is -2.15. The van der Waals surface area contributed by atoms with Gasteiger partial charge in [0.15, 0.2) is 5.16 Å². The molecule has 0 spiro atoms. The van der Waals surface area contributed by atoms with Crippen molar-refractivity contribution in [1.29, 1.82) is 0 Å². The van der Waals surface area contributed by atoms with Gasteiger partial charge in [0.25, 0.3) is 0 Å². The fourth-order valence-corrected chi connectivity index (χ4v) is 2.20. The second kappa shape index (κ2) is 6.91. The van der Waals surface area contributed by atoms with Gasteiger partial charge in [-0.15, -0.1) is 0 Å². The number of methoxy groups -OCH3 is 1. The summed E-state index contributed by atoms with van der Waals surface area (Å²) in [5.41, 5.74) is 1.73. The predicted molar refractivity (Wildman–Crippen MR) is 79.1 cm³/mol. The lowest BCUT2D eigenvalue weighted by Gasteiger charge is -2.10. The molecule has 1 heterocycles. The average Bonchev–Trinajstić information content (AvgIpc) is 2.46. The third kappa shape index (κ3) is 3.96. The van der Waals surface area contributed by atoms with E-state index in [1.165, 1.54) is 11.8 Å². The van der Waals surface area contributed by atoms with Gasteiger partial charge >= 0.3 is 0 Å². The summed E-state index contributed by atoms with van der Waals surface area (Å²) in [6.07, 6.45) is 3.30. The molecule has 0 aliphatic heterocycles. The third-order valence-corrected chi connectivity index (χ3v) is 3.38. The summed E-state index contributed by atoms with van der Waals surface area (Å²) in [4.78, 5) is 20.0. The number of nitrogens with zero attached hydrogens (tertiary/aromatic N) is 2. The number of hydrogen-bond acceptors (Lipinski definition) is 5. The highest BCUT2D eigenvalue weighted by Crippen LogP contribution is 2.25. The SMILES string of the molecule is COc1ccc(C)cc1NC(=O)CSc1ncccn1. The number of hydrogen-bond donors (Lipinski definition) is 1. The molecule has 2 aromatic rings. The van der Waals surface area contributed by atoms with E-state index in [1.807, 2.05) is 25.1 Å². The zero-order valence-electron chi connectivity index (χ0n) is 11.3. The number of carbonyl (C=O) groups excluding carboxylic acids is 1. The smallest absolute Gasteiger partial charge is 0.234 e. The Morgan fingerprint density at radius 3 is 2.80 bits per heavy atom. The molecular weight excluding hydrogens is 274 g/mol. The number of thioether (sulfide) groups is 1. The van der Waals surface area contributed by atoms with Crippen molar-refractivity contribution in [2.24, 2.45) is 0 Å². The van der Waals surface area contributed by atoms with E-state index in [4.69, 9.17) is 4.74 Å². The number of aryl methyl sites for hydroxylation is 1. The lowest BCUT2D eigenvalue weighted by atomic mass is 10.2. The zero-order valence-corrected chi connectivity index (χ0v) is 12.1. The highest BCUT2D eigenvalue weighted by atomic mass is 32.2. The Hall–Kier alpha value is -2.08. The number of benzene rings is 1. The molecule has 0 fully saturated rings. The molecule has 1 N–H and O–H groups in total. The van der Waals surface area contributed by atoms with Crippen molar-refractivity contribution in [3.05, 3.63) is 42.2 Å². The van der Waals surface area contributed by atoms with Crippen molar-refractivity contribution >= 4 is 23.4 Å². The zero-order chi connectivity index (χ0) is 14.4. The van der Waals surface area contributed by atoms with Crippen LogP contribution in [0.25, 0.3) is 0 Å². The van der Waals surface area contributed by atoms with E-state index in [-0.39, 0.29) is 11.7 Å². The van der Waals surface area contributed by atoms with Crippen LogP contribution in [0, 0.1) is 6.92 Å². The Morgan fingerprint density at radius 1 is 1.35 bits per heavy atom. The Labute approximate surface area is 121 Å². The summed E-state index contributed by atoms with van der Waals surface area (Å²) in [5, 5.41) is 3.41. The molecule has 1 amide bonds. The highest BCUT2D eigenvalue weighted by Gasteiger charge is 2.09. The number of amides is 1. The van der Waals surface area contributed by atoms with Gasteiger partial charge in [-0.3, -0.25) is 4.79 Å². The summed E-state index contributed by atoms with van der Waals surface area (Å²) in [5.74, 6) is 0.775. The van der Waals surface area contributed by atoms with E-state index in [9.17, 15) is 4.79 Å². The molecular formula is C14H15N3O2S. The molecule has 20 heavy (non-hydrogen) atoms. The molecule has 1 aromatic heterocycles. The van der Waals surface area contributed by atoms with E-state index in [0.717, 1.165) is 5.56 Å². The first-order valence-electron chi connectivity index (χ1n) is 6.03. The summed E-state index contributed by atoms with van der Waals surface area (Å²) in [6, 6.07) is 7.38. The minimum Gasteiger partial charge on any atom is -0.495 e. The summed E-state index contributed by atoms with van der Waals surface area (Å²) in [6.45, 7) is 1.96. The first-order valence-corrected chi connectivity index (χ1v) is 7.02. The van der Waals surface area contributed by atoms with Gasteiger partial charge in [-0.05, 0) is 30.7 Å². The molecule has 0 unspecified atom stereocenters. The summed E-state index contributed by atoms with van der Waals surface area (Å²) >= 11 is 1.29. The van der Waals surface area contributed by atoms with Gasteiger partial charge in [0.05, 0.1) is 18.6 Å². The fraction of sp³-hybridized carbons (Fsp3) is 0.214. The van der Waals surface area contributed by atoms with E-state index in [2.05, 4.69) is 15.3 Å². The number of nitrogens with one attached hydrogen (secondary N) is 1. The van der Waals surface area contributed by atoms with Crippen LogP contribution in [-0.4, -0.2) is 28.7 Å². The predicted octanol–water partition coefficient (Wildman–Crippen LogP) is 2.52. The van der Waals surface area contributed by atoms with Crippen molar-refractivity contribution in [2.45, 2.75) is 12.1 Å².